The van der Waals surface area contributed by atoms with E-state index in [0.717, 1.165) is 24.4 Å². The quantitative estimate of drug-likeness (QED) is 0.318. The largest absolute Gasteiger partial charge is 0.508 e. The highest BCUT2D eigenvalue weighted by Crippen LogP contribution is 2.53. The summed E-state index contributed by atoms with van der Waals surface area (Å²) in [5.41, 5.74) is 3.04. The van der Waals surface area contributed by atoms with Crippen LogP contribution in [0.4, 0.5) is 0 Å². The van der Waals surface area contributed by atoms with Crippen molar-refractivity contribution in [2.75, 3.05) is 20.7 Å². The molecule has 4 aliphatic rings. The molecule has 0 radical (unpaired) electrons. The Balaban J connectivity index is 1.49. The highest BCUT2D eigenvalue weighted by Gasteiger charge is 2.60. The van der Waals surface area contributed by atoms with Crippen LogP contribution in [0.2, 0.25) is 0 Å². The van der Waals surface area contributed by atoms with E-state index in [9.17, 15) is 34.8 Å². The molecule has 0 bridgehead atoms. The summed E-state index contributed by atoms with van der Waals surface area (Å²) in [6.45, 7) is 1.42. The summed E-state index contributed by atoms with van der Waals surface area (Å²) in [6, 6.07) is 1.53. The van der Waals surface area contributed by atoms with E-state index in [1.807, 2.05) is 7.05 Å². The molecule has 0 aliphatic heterocycles. The zero-order valence-corrected chi connectivity index (χ0v) is 23.0. The molecule has 10 nitrogen and oxygen atoms in total. The zero-order chi connectivity index (χ0) is 28.9. The fourth-order valence-electron chi connectivity index (χ4n) is 7.35. The summed E-state index contributed by atoms with van der Waals surface area (Å²) in [6.07, 6.45) is 7.48. The number of primary amides is 1. The molecule has 0 heterocycles. The van der Waals surface area contributed by atoms with Gasteiger partial charge in [0.25, 0.3) is 5.91 Å². The molecule has 10 heteroatoms. The molecule has 6 N–H and O–H groups in total. The number of methoxy groups -OCH3 is 1. The topological polar surface area (TPSA) is 171 Å². The molecule has 2 saturated carbocycles. The number of amides is 1. The number of Topliss-reactive ketones (excluding diaryl/α,β-unsaturated/α-hetero) is 2. The van der Waals surface area contributed by atoms with Crippen LogP contribution in [0.15, 0.2) is 23.0 Å². The van der Waals surface area contributed by atoms with Gasteiger partial charge < -0.3 is 35.8 Å². The van der Waals surface area contributed by atoms with Gasteiger partial charge in [-0.1, -0.05) is 32.1 Å². The third kappa shape index (κ3) is 4.47. The maximum Gasteiger partial charge on any atom is 0.255 e. The predicted molar refractivity (Wildman–Crippen MR) is 145 cm³/mol. The molecule has 0 spiro atoms. The van der Waals surface area contributed by atoms with Crippen LogP contribution in [0.1, 0.15) is 68.1 Å². The first kappa shape index (κ1) is 28.2. The van der Waals surface area contributed by atoms with Gasteiger partial charge in [0.1, 0.15) is 28.6 Å². The first-order chi connectivity index (χ1) is 19.0. The van der Waals surface area contributed by atoms with Crippen LogP contribution in [-0.2, 0) is 27.3 Å². The standard InChI is InChI=1S/C30H38N2O8/c1-32(9-8-15-6-4-3-5-7-15)14-17-12-20(33)23-19(26(17)40-2)11-16-10-18-13-21(34)24(29(31)38)28(37)30(18,39)27(36)22(16)25(23)35/h12,15-16,18,33,35,37,39H,3-11,13-14H2,1-2H3,(H2,31,38)/t16?,18-,30-/m0/s1. The lowest BCUT2D eigenvalue weighted by molar-refractivity contribution is -0.147. The summed E-state index contributed by atoms with van der Waals surface area (Å²) < 4.78 is 5.79. The predicted octanol–water partition coefficient (Wildman–Crippen LogP) is 2.83. The third-order valence-electron chi connectivity index (χ3n) is 9.38. The molecular formula is C30H38N2O8. The molecule has 216 valence electrons. The minimum atomic E-state index is -2.57. The highest BCUT2D eigenvalue weighted by molar-refractivity contribution is 6.22. The lowest BCUT2D eigenvalue weighted by Gasteiger charge is -2.46. The molecule has 1 unspecified atom stereocenters. The van der Waals surface area contributed by atoms with Crippen LogP contribution in [0.25, 0.3) is 5.76 Å². The van der Waals surface area contributed by atoms with E-state index in [1.165, 1.54) is 45.3 Å². The number of benzene rings is 1. The Morgan fingerprint density at radius 2 is 1.85 bits per heavy atom. The molecular weight excluding hydrogens is 516 g/mol. The number of fused-ring (bicyclic) bond motifs is 3. The van der Waals surface area contributed by atoms with Gasteiger partial charge >= 0.3 is 0 Å². The lowest BCUT2D eigenvalue weighted by Crippen LogP contribution is -2.58. The van der Waals surface area contributed by atoms with Crippen molar-refractivity contribution >= 4 is 23.2 Å². The Hall–Kier alpha value is -3.37. The number of nitrogens with two attached hydrogens (primary N) is 1. The van der Waals surface area contributed by atoms with E-state index >= 15 is 0 Å². The average molecular weight is 555 g/mol. The van der Waals surface area contributed by atoms with E-state index in [0.29, 0.717) is 17.9 Å². The van der Waals surface area contributed by atoms with Crippen LogP contribution in [0, 0.1) is 17.8 Å². The SMILES string of the molecule is COc1c(CN(C)CCC2CCCCC2)cc(O)c2c1CC1C[C@H]3CC(=O)C(C(N)=O)=C(O)[C@@]3(O)C(=O)C1=C2O. The van der Waals surface area contributed by atoms with Crippen LogP contribution in [0.3, 0.4) is 0 Å². The van der Waals surface area contributed by atoms with Gasteiger partial charge in [-0.2, -0.15) is 0 Å². The second-order valence-corrected chi connectivity index (χ2v) is 11.9. The van der Waals surface area contributed by atoms with E-state index in [-0.39, 0.29) is 36.1 Å². The van der Waals surface area contributed by atoms with E-state index in [4.69, 9.17) is 10.5 Å². The summed E-state index contributed by atoms with van der Waals surface area (Å²) in [5.74, 6) is -5.18. The number of carbonyl (C=O) groups excluding carboxylic acids is 3. The minimum Gasteiger partial charge on any atom is -0.508 e. The smallest absolute Gasteiger partial charge is 0.255 e. The fourth-order valence-corrected chi connectivity index (χ4v) is 7.35. The van der Waals surface area contributed by atoms with Crippen LogP contribution in [-0.4, -0.2) is 69.1 Å². The molecule has 40 heavy (non-hydrogen) atoms. The number of aliphatic hydroxyl groups excluding tert-OH is 2. The highest BCUT2D eigenvalue weighted by atomic mass is 16.5. The van der Waals surface area contributed by atoms with Crippen molar-refractivity contribution in [1.29, 1.82) is 0 Å². The van der Waals surface area contributed by atoms with Crippen molar-refractivity contribution in [3.05, 3.63) is 39.7 Å². The normalized spacial score (nSPS) is 27.0. The molecule has 3 atom stereocenters. The van der Waals surface area contributed by atoms with Crippen molar-refractivity contribution < 1.29 is 39.5 Å². The van der Waals surface area contributed by atoms with Gasteiger partial charge in [0.15, 0.2) is 11.4 Å². The first-order valence-electron chi connectivity index (χ1n) is 14.1. The number of carbonyl (C=O) groups is 3. The second kappa shape index (κ2) is 10.6. The summed E-state index contributed by atoms with van der Waals surface area (Å²) >= 11 is 0. The maximum absolute atomic E-state index is 13.7. The van der Waals surface area contributed by atoms with Crippen molar-refractivity contribution in [2.24, 2.45) is 23.5 Å². The van der Waals surface area contributed by atoms with Crippen LogP contribution >= 0.6 is 0 Å². The van der Waals surface area contributed by atoms with Gasteiger partial charge in [0.05, 0.1) is 12.7 Å². The number of rotatable bonds is 7. The molecule has 1 aromatic rings. The molecule has 5 rings (SSSR count). The van der Waals surface area contributed by atoms with Crippen molar-refractivity contribution in [1.82, 2.24) is 4.90 Å². The Morgan fingerprint density at radius 3 is 2.50 bits per heavy atom. The Morgan fingerprint density at radius 1 is 1.15 bits per heavy atom. The van der Waals surface area contributed by atoms with Crippen molar-refractivity contribution in [3.8, 4) is 11.5 Å². The number of hydrogen-bond acceptors (Lipinski definition) is 9. The summed E-state index contributed by atoms with van der Waals surface area (Å²) in [4.78, 5) is 40.2. The Labute approximate surface area is 233 Å². The third-order valence-corrected chi connectivity index (χ3v) is 9.38. The molecule has 0 saturated heterocycles. The van der Waals surface area contributed by atoms with Crippen molar-refractivity contribution in [3.63, 3.8) is 0 Å². The zero-order valence-electron chi connectivity index (χ0n) is 23.0. The van der Waals surface area contributed by atoms with E-state index in [2.05, 4.69) is 4.90 Å². The lowest BCUT2D eigenvalue weighted by atomic mass is 9.59. The molecule has 1 amide bonds. The minimum absolute atomic E-state index is 0.0394. The number of phenolic OH excluding ortho intramolecular Hbond substituents is 1. The maximum atomic E-state index is 13.7. The second-order valence-electron chi connectivity index (χ2n) is 11.9. The van der Waals surface area contributed by atoms with Gasteiger partial charge in [0, 0.05) is 35.6 Å². The van der Waals surface area contributed by atoms with Crippen molar-refractivity contribution in [2.45, 2.75) is 69.9 Å². The number of nitrogens with zero attached hydrogens (tertiary/aromatic N) is 1. The van der Waals surface area contributed by atoms with Gasteiger partial charge in [0.2, 0.25) is 5.78 Å². The number of phenols is 1. The number of hydrogen-bond donors (Lipinski definition) is 5. The Kier molecular flexibility index (Phi) is 7.43. The van der Waals surface area contributed by atoms with Crippen LogP contribution in [0.5, 0.6) is 11.5 Å². The number of ether oxygens (including phenoxy) is 1. The summed E-state index contributed by atoms with van der Waals surface area (Å²) in [5, 5.41) is 44.4. The molecule has 4 aliphatic carbocycles. The molecule has 0 aromatic heterocycles. The Bertz CT molecular complexity index is 1330. The molecule has 2 fully saturated rings. The van der Waals surface area contributed by atoms with Gasteiger partial charge in [-0.3, -0.25) is 14.4 Å². The fraction of sp³-hybridized carbons (Fsp3) is 0.567. The monoisotopic (exact) mass is 554 g/mol. The number of aliphatic hydroxyl groups is 3. The first-order valence-corrected chi connectivity index (χ1v) is 14.1. The van der Waals surface area contributed by atoms with Crippen LogP contribution < -0.4 is 10.5 Å². The summed E-state index contributed by atoms with van der Waals surface area (Å²) in [7, 11) is 3.54. The molecule has 1 aromatic carbocycles. The van der Waals surface area contributed by atoms with Gasteiger partial charge in [-0.15, -0.1) is 0 Å². The average Bonchev–Trinajstić information content (AvgIpc) is 2.90. The van der Waals surface area contributed by atoms with E-state index in [1.54, 1.807) is 0 Å². The number of ketones is 2. The van der Waals surface area contributed by atoms with Gasteiger partial charge in [-0.05, 0) is 50.8 Å². The number of aromatic hydroxyl groups is 1. The van der Waals surface area contributed by atoms with E-state index < -0.39 is 52.0 Å². The van der Waals surface area contributed by atoms with Gasteiger partial charge in [-0.25, -0.2) is 0 Å².